The van der Waals surface area contributed by atoms with Crippen molar-refractivity contribution in [1.29, 1.82) is 0 Å². The molecule has 14 N–H and O–H groups in total. The number of carbonyl (C=O) groups is 16. The van der Waals surface area contributed by atoms with E-state index >= 15 is 38.4 Å². The topological polar surface area (TPSA) is 484 Å². The van der Waals surface area contributed by atoms with Crippen LogP contribution >= 0.6 is 34.7 Å². The maximum atomic E-state index is 15.5. The number of carboxylic acids is 1. The Hall–Kier alpha value is -13.0. The molecule has 15 amide bonds. The third kappa shape index (κ3) is 30.9. The van der Waals surface area contributed by atoms with Crippen LogP contribution in [0.2, 0.25) is 5.02 Å². The number of unbranched alkanes of at least 4 members (excludes halogenated alkanes) is 1. The molecule has 2 heterocycles. The molecule has 0 radical (unpaired) electrons. The molecule has 1 aliphatic rings. The minimum absolute atomic E-state index is 0.0195. The number of thiophene rings is 1. The van der Waals surface area contributed by atoms with Crippen LogP contribution in [-0.4, -0.2) is 267 Å². The number of carbonyl (C=O) groups excluding carboxylic acids is 15. The third-order valence-corrected chi connectivity index (χ3v) is 24.3. The van der Waals surface area contributed by atoms with Gasteiger partial charge in [-0.3, -0.25) is 76.7 Å². The fourth-order valence-corrected chi connectivity index (χ4v) is 16.8. The summed E-state index contributed by atoms with van der Waals surface area (Å²) in [7, 11) is 6.51. The number of nitrogens with one attached hydrogen (secondary N) is 9. The van der Waals surface area contributed by atoms with Crippen molar-refractivity contribution < 1.29 is 92.0 Å². The second-order valence-electron chi connectivity index (χ2n) is 33.1. The van der Waals surface area contributed by atoms with Gasteiger partial charge in [0.05, 0.1) is 31.8 Å². The number of phenolic OH excluding ortho intramolecular Hbond substituents is 2. The Labute approximate surface area is 768 Å². The highest BCUT2D eigenvalue weighted by Crippen LogP contribution is 2.28. The zero-order valence-corrected chi connectivity index (χ0v) is 76.7. The highest BCUT2D eigenvalue weighted by atomic mass is 35.5. The summed E-state index contributed by atoms with van der Waals surface area (Å²) in [4.78, 5) is 240. The standard InChI is InChI=1S/C93H116ClN15O19S2/c1-11-12-26-73-91(126)106(7)50-79(114)98-69(47-81(116)117)87(122)104-82(55(4)5)93(128)108(9)74(44-56-21-15-13-16-22-56)88(123)102-70(42-60-32-38-64(111)39-33-60)89(124)105(6)49-78(113)97-68(46-61-51-130-76-27-20-19-25-65(61)76)86(121)101-67(41-59-30-36-63(110)37-31-59)85(120)100-66(40-54(2)3)84(119)103-72(83(118)96-48-77(95)112)52-129-53-80(115)99-71(43-58-28-34-62(94)35-29-58)90(125)109(10)75(92(127)107(73)8)45-57-23-17-14-18-24-57/h13-25,27-39,51,54-55,66-75,82,110-111H,11-12,26,40-50,52-53H2,1-10H3,(H2,95,112)(H,96,118)(H,97,113)(H,98,114)(H,99,115)(H,100,120)(H,101,121)(H,102,123)(H,103,119)(H,104,122)(H,116,117)/t66-,67-,68-,69-,70-,71-,72-,73-,74-,75-,82-/m0/s1. The van der Waals surface area contributed by atoms with Gasteiger partial charge in [0, 0.05) is 89.2 Å². The first-order valence-electron chi connectivity index (χ1n) is 42.7. The lowest BCUT2D eigenvalue weighted by atomic mass is 9.98. The second kappa shape index (κ2) is 49.6. The van der Waals surface area contributed by atoms with Gasteiger partial charge in [0.15, 0.2) is 0 Å². The van der Waals surface area contributed by atoms with Crippen LogP contribution in [0.3, 0.4) is 0 Å². The number of halogens is 1. The number of hydrogen-bond acceptors (Lipinski definition) is 20. The summed E-state index contributed by atoms with van der Waals surface area (Å²) in [5.41, 5.74) is 8.45. The summed E-state index contributed by atoms with van der Waals surface area (Å²) in [5, 5.41) is 57.8. The van der Waals surface area contributed by atoms with Gasteiger partial charge in [0.1, 0.15) is 78.0 Å². The molecule has 130 heavy (non-hydrogen) atoms. The van der Waals surface area contributed by atoms with Crippen molar-refractivity contribution in [1.82, 2.24) is 72.4 Å². The SMILES string of the molecule is CCCC[C@H]1C(=O)N(C)CC(=O)N[C@@H](CC(=O)O)C(=O)N[C@@H](C(C)C)C(=O)N(C)[C@@H](Cc2ccccc2)C(=O)N[C@@H](Cc2ccc(O)cc2)C(=O)N(C)CC(=O)N[C@@H](Cc2csc3ccccc23)C(=O)N[C@@H](Cc2ccc(O)cc2)C(=O)N[C@@H](CC(C)C)C(=O)N[C@H](C(=O)NCC(N)=O)CSCC(=O)N[C@@H](Cc2ccc(Cl)cc2)C(=O)N(C)[C@@H](Cc2ccccc2)C(=O)N1C. The van der Waals surface area contributed by atoms with Gasteiger partial charge in [-0.15, -0.1) is 23.1 Å². The Morgan fingerprint density at radius 1 is 0.477 bits per heavy atom. The minimum atomic E-state index is -1.91. The van der Waals surface area contributed by atoms with E-state index in [1.807, 2.05) is 25.1 Å². The van der Waals surface area contributed by atoms with Crippen LogP contribution in [0, 0.1) is 11.8 Å². The Kier molecular flexibility index (Phi) is 39.0. The number of fused-ring (bicyclic) bond motifs is 1. The molecule has 0 bridgehead atoms. The number of nitrogens with two attached hydrogens (primary N) is 1. The minimum Gasteiger partial charge on any atom is -0.508 e. The summed E-state index contributed by atoms with van der Waals surface area (Å²) in [6.07, 6.45) is -1.60. The van der Waals surface area contributed by atoms with Gasteiger partial charge in [-0.25, -0.2) is 0 Å². The molecule has 0 saturated carbocycles. The number of phenols is 2. The number of hydrogen-bond donors (Lipinski definition) is 13. The molecule has 1 fully saturated rings. The number of carboxylic acid groups (broad SMARTS) is 1. The Morgan fingerprint density at radius 3 is 1.48 bits per heavy atom. The van der Waals surface area contributed by atoms with E-state index < -0.39 is 205 Å². The molecular weight excluding hydrogens is 1730 g/mol. The van der Waals surface area contributed by atoms with E-state index in [4.69, 9.17) is 17.3 Å². The van der Waals surface area contributed by atoms with E-state index in [0.29, 0.717) is 56.6 Å². The van der Waals surface area contributed by atoms with E-state index in [-0.39, 0.29) is 68.8 Å². The number of thioether (sulfide) groups is 1. The van der Waals surface area contributed by atoms with Gasteiger partial charge < -0.3 is 93.4 Å². The second-order valence-corrected chi connectivity index (χ2v) is 35.5. The first-order valence-corrected chi connectivity index (χ1v) is 45.1. The number of amides is 15. The van der Waals surface area contributed by atoms with Gasteiger partial charge in [-0.05, 0) is 111 Å². The van der Waals surface area contributed by atoms with Crippen molar-refractivity contribution in [3.8, 4) is 11.5 Å². The lowest BCUT2D eigenvalue weighted by Gasteiger charge is -2.37. The molecular formula is C93H116ClN15O19S2. The Balaban J connectivity index is 1.22. The van der Waals surface area contributed by atoms with E-state index in [9.17, 15) is 53.7 Å². The molecule has 696 valence electrons. The fourth-order valence-electron chi connectivity index (χ4n) is 14.8. The average Bonchev–Trinajstić information content (AvgIpc) is 1.33. The molecule has 0 unspecified atom stereocenters. The largest absolute Gasteiger partial charge is 0.508 e. The van der Waals surface area contributed by atoms with Gasteiger partial charge in [0.25, 0.3) is 0 Å². The molecule has 1 aliphatic heterocycles. The lowest BCUT2D eigenvalue weighted by molar-refractivity contribution is -0.151. The molecule has 1 aromatic heterocycles. The summed E-state index contributed by atoms with van der Waals surface area (Å²) in [6, 6.07) is 25.1. The van der Waals surface area contributed by atoms with Crippen molar-refractivity contribution in [3.63, 3.8) is 0 Å². The molecule has 0 aliphatic carbocycles. The van der Waals surface area contributed by atoms with Crippen molar-refractivity contribution in [2.24, 2.45) is 17.6 Å². The number of benzene rings is 6. The zero-order chi connectivity index (χ0) is 95.2. The van der Waals surface area contributed by atoms with Gasteiger partial charge >= 0.3 is 5.97 Å². The lowest BCUT2D eigenvalue weighted by Crippen LogP contribution is -2.61. The van der Waals surface area contributed by atoms with E-state index in [2.05, 4.69) is 47.9 Å². The zero-order valence-electron chi connectivity index (χ0n) is 74.3. The van der Waals surface area contributed by atoms with Crippen molar-refractivity contribution in [2.75, 3.05) is 66.4 Å². The maximum absolute atomic E-state index is 15.5. The monoisotopic (exact) mass is 1850 g/mol. The van der Waals surface area contributed by atoms with E-state index in [1.165, 1.54) is 95.1 Å². The molecule has 37 heteroatoms. The third-order valence-electron chi connectivity index (χ3n) is 22.0. The number of likely N-dealkylation sites (N-methyl/N-ethyl adjacent to an activating group) is 5. The van der Waals surface area contributed by atoms with E-state index in [1.54, 1.807) is 124 Å². The summed E-state index contributed by atoms with van der Waals surface area (Å²) < 4.78 is 0.817. The normalized spacial score (nSPS) is 21.8. The van der Waals surface area contributed by atoms with Gasteiger partial charge in [0.2, 0.25) is 88.6 Å². The predicted octanol–water partition coefficient (Wildman–Crippen LogP) is 3.71. The molecule has 11 atom stereocenters. The average molecular weight is 1850 g/mol. The number of primary amides is 1. The van der Waals surface area contributed by atoms with Crippen LogP contribution in [0.25, 0.3) is 10.1 Å². The van der Waals surface area contributed by atoms with Crippen molar-refractivity contribution in [3.05, 3.63) is 202 Å². The van der Waals surface area contributed by atoms with Crippen LogP contribution in [-0.2, 0) is 115 Å². The fraction of sp³-hybridized carbons (Fsp3) is 0.419. The molecule has 34 nitrogen and oxygen atoms in total. The van der Waals surface area contributed by atoms with Crippen molar-refractivity contribution in [2.45, 2.75) is 172 Å². The van der Waals surface area contributed by atoms with E-state index in [0.717, 1.165) is 41.0 Å². The maximum Gasteiger partial charge on any atom is 0.305 e. The van der Waals surface area contributed by atoms with Crippen LogP contribution < -0.4 is 53.6 Å². The predicted molar refractivity (Wildman–Crippen MR) is 491 cm³/mol. The number of aromatic hydroxyl groups is 2. The Bertz CT molecular complexity index is 5130. The first-order chi connectivity index (χ1) is 61.8. The number of nitrogens with zero attached hydrogens (tertiary/aromatic N) is 5. The van der Waals surface area contributed by atoms with Crippen LogP contribution in [0.4, 0.5) is 0 Å². The van der Waals surface area contributed by atoms with Gasteiger partial charge in [-0.1, -0.05) is 174 Å². The smallest absolute Gasteiger partial charge is 0.305 e. The van der Waals surface area contributed by atoms with Crippen LogP contribution in [0.5, 0.6) is 11.5 Å². The molecule has 7 aromatic rings. The van der Waals surface area contributed by atoms with Crippen molar-refractivity contribution >= 4 is 139 Å². The molecule has 0 spiro atoms. The highest BCUT2D eigenvalue weighted by molar-refractivity contribution is 8.00. The van der Waals surface area contributed by atoms with Crippen LogP contribution in [0.15, 0.2) is 163 Å². The summed E-state index contributed by atoms with van der Waals surface area (Å²) >= 11 is 8.49. The quantitative estimate of drug-likeness (QED) is 0.0434. The summed E-state index contributed by atoms with van der Waals surface area (Å²) in [6.45, 7) is 6.16. The first kappa shape index (κ1) is 102. The number of aliphatic carboxylic acids is 1. The highest BCUT2D eigenvalue weighted by Gasteiger charge is 2.42. The summed E-state index contributed by atoms with van der Waals surface area (Å²) in [5.74, 6) is -17.6. The Morgan fingerprint density at radius 2 is 0.931 bits per heavy atom. The molecule has 1 saturated heterocycles. The van der Waals surface area contributed by atoms with Gasteiger partial charge in [-0.2, -0.15) is 0 Å². The van der Waals surface area contributed by atoms with Crippen LogP contribution in [0.1, 0.15) is 100 Å². The number of rotatable bonds is 23. The molecule has 8 rings (SSSR count). The molecule has 6 aromatic carbocycles.